The van der Waals surface area contributed by atoms with Crippen LogP contribution in [0.4, 0.5) is 63.1 Å². The molecule has 482 valence electrons. The molecule has 88 heavy (non-hydrogen) atoms. The van der Waals surface area contributed by atoms with Gasteiger partial charge in [-0.2, -0.15) is 13.2 Å². The maximum absolute atomic E-state index is 12.2. The normalized spacial score (nSPS) is 18.3. The molecule has 4 aliphatic rings. The van der Waals surface area contributed by atoms with E-state index in [0.717, 1.165) is 86.1 Å². The Morgan fingerprint density at radius 1 is 0.432 bits per heavy atom. The predicted molar refractivity (Wildman–Crippen MR) is 348 cm³/mol. The van der Waals surface area contributed by atoms with Crippen LogP contribution in [0, 0.1) is 11.8 Å². The molecule has 0 atom stereocenters. The minimum absolute atomic E-state index is 0. The van der Waals surface area contributed by atoms with Crippen LogP contribution in [0.5, 0.6) is 11.5 Å². The van der Waals surface area contributed by atoms with Gasteiger partial charge in [0.05, 0.1) is 30.5 Å². The molecule has 6 aromatic rings. The first-order valence-electron chi connectivity index (χ1n) is 29.4. The summed E-state index contributed by atoms with van der Waals surface area (Å²) in [4.78, 5) is 29.5. The molecule has 4 fully saturated rings. The van der Waals surface area contributed by atoms with Gasteiger partial charge < -0.3 is 72.6 Å². The number of halogens is 4. The van der Waals surface area contributed by atoms with Gasteiger partial charge >= 0.3 is 18.1 Å². The average Bonchev–Trinajstić information content (AvgIpc) is 3.66. The highest BCUT2D eigenvalue weighted by Gasteiger charge is 2.28. The van der Waals surface area contributed by atoms with E-state index in [9.17, 15) is 27.2 Å². The van der Waals surface area contributed by atoms with Crippen LogP contribution in [-0.4, -0.2) is 89.5 Å². The van der Waals surface area contributed by atoms with Crippen LogP contribution in [0.3, 0.4) is 0 Å². The van der Waals surface area contributed by atoms with E-state index >= 15 is 0 Å². The van der Waals surface area contributed by atoms with Crippen LogP contribution in [0.2, 0.25) is 0 Å². The number of nitrogen functional groups attached to an aromatic ring is 6. The lowest BCUT2D eigenvalue weighted by Crippen LogP contribution is -2.37. The SMILES string of the molecule is C.C.CC(F)(F)F.CF.Nc1cc(N)cc(C(=O)OC2CCC(OCOc3ccccc3)CC2)c1.Nc1cc(N)cc(C(=O)OC2CCC(OCOc3ccccc3)CC2)c1.Nc1ccc(N2CCC(CC3CCN(c4ccc(N)cc4)CC3)CC2)cc1. The number of piperidine rings is 2. The lowest BCUT2D eigenvalue weighted by Gasteiger charge is -2.38. The molecule has 2 heterocycles. The van der Waals surface area contributed by atoms with E-state index in [2.05, 4.69) is 34.1 Å². The van der Waals surface area contributed by atoms with Crippen LogP contribution >= 0.6 is 0 Å². The van der Waals surface area contributed by atoms with Crippen molar-refractivity contribution in [2.24, 2.45) is 11.8 Å². The lowest BCUT2D eigenvalue weighted by molar-refractivity contribution is -0.110. The van der Waals surface area contributed by atoms with Crippen LogP contribution in [0.15, 0.2) is 146 Å². The Morgan fingerprint density at radius 2 is 0.716 bits per heavy atom. The van der Waals surface area contributed by atoms with Crippen LogP contribution in [0.25, 0.3) is 0 Å². The van der Waals surface area contributed by atoms with Crippen molar-refractivity contribution in [2.75, 3.05) is 91.1 Å². The summed E-state index contributed by atoms with van der Waals surface area (Å²) in [7, 11) is 0.500. The smallest absolute Gasteiger partial charge is 0.386 e. The van der Waals surface area contributed by atoms with Crippen LogP contribution in [0.1, 0.15) is 126 Å². The number of anilines is 8. The Labute approximate surface area is 518 Å². The van der Waals surface area contributed by atoms with E-state index in [4.69, 9.17) is 62.8 Å². The average molecular weight is 1230 g/mol. The van der Waals surface area contributed by atoms with Gasteiger partial charge in [-0.05, 0) is 205 Å². The Morgan fingerprint density at radius 3 is 1.01 bits per heavy atom. The van der Waals surface area contributed by atoms with E-state index < -0.39 is 6.18 Å². The molecule has 0 aromatic heterocycles. The van der Waals surface area contributed by atoms with Gasteiger partial charge in [0.2, 0.25) is 0 Å². The minimum atomic E-state index is -4.00. The lowest BCUT2D eigenvalue weighted by atomic mass is 9.82. The third-order valence-electron chi connectivity index (χ3n) is 15.2. The summed E-state index contributed by atoms with van der Waals surface area (Å²) >= 11 is 0. The van der Waals surface area contributed by atoms with E-state index in [-0.39, 0.29) is 71.7 Å². The molecular weight excluding hydrogens is 1130 g/mol. The maximum atomic E-state index is 12.2. The number of carbonyl (C=O) groups is 2. The molecule has 12 N–H and O–H groups in total. The zero-order valence-corrected chi connectivity index (χ0v) is 49.4. The molecule has 0 spiro atoms. The number of alkyl halides is 4. The second kappa shape index (κ2) is 37.6. The van der Waals surface area contributed by atoms with Gasteiger partial charge in [0.25, 0.3) is 0 Å². The quantitative estimate of drug-likeness (QED) is 0.0228. The molecular formula is C68H94F4N8O8. The second-order valence-electron chi connectivity index (χ2n) is 21.9. The van der Waals surface area contributed by atoms with Gasteiger partial charge in [0, 0.05) is 78.6 Å². The molecule has 0 unspecified atom stereocenters. The molecule has 2 saturated heterocycles. The number of hydrogen-bond acceptors (Lipinski definition) is 16. The van der Waals surface area contributed by atoms with Gasteiger partial charge in [-0.15, -0.1) is 0 Å². The number of nitrogens with two attached hydrogens (primary N) is 6. The first-order chi connectivity index (χ1) is 41.4. The fourth-order valence-corrected chi connectivity index (χ4v) is 10.8. The van der Waals surface area contributed by atoms with Crippen molar-refractivity contribution in [1.29, 1.82) is 0 Å². The topological polar surface area (TPSA) is 252 Å². The van der Waals surface area contributed by atoms with Gasteiger partial charge in [-0.3, -0.25) is 4.39 Å². The predicted octanol–water partition coefficient (Wildman–Crippen LogP) is 14.5. The molecule has 2 aliphatic carbocycles. The molecule has 2 saturated carbocycles. The number of benzene rings is 6. The summed E-state index contributed by atoms with van der Waals surface area (Å²) in [5.74, 6) is 2.58. The van der Waals surface area contributed by atoms with Gasteiger partial charge in [-0.25, -0.2) is 9.59 Å². The van der Waals surface area contributed by atoms with Crippen molar-refractivity contribution >= 4 is 57.4 Å². The summed E-state index contributed by atoms with van der Waals surface area (Å²) in [6.45, 7) is 5.35. The van der Waals surface area contributed by atoms with Crippen LogP contribution < -0.4 is 53.7 Å². The standard InChI is InChI=1S/C23H32N4.2C20H24N2O4.C2H3F3.CH3F.2CH4/c24-20-1-5-22(6-2-20)26-13-9-18(10-14-26)17-19-11-15-27(16-12-19)23-7-3-21(25)4-8-23;2*21-15-10-14(11-16(22)12-15)20(23)26-19-8-6-18(7-9-19)25-13-24-17-4-2-1-3-5-17;1-2(3,4)5;1-2;;/h1-8,18-19H,9-17,24-25H2;2*1-5,10-12,18-19H,6-9,13,21-22H2;1H3;1H3;2*1H4. The molecule has 16 nitrogen and oxygen atoms in total. The Kier molecular flexibility index (Phi) is 30.9. The minimum Gasteiger partial charge on any atom is -0.468 e. The second-order valence-corrected chi connectivity index (χ2v) is 21.9. The molecule has 0 bridgehead atoms. The summed E-state index contributed by atoms with van der Waals surface area (Å²) in [6, 6.07) is 45.3. The highest BCUT2D eigenvalue weighted by molar-refractivity contribution is 5.92. The summed E-state index contributed by atoms with van der Waals surface area (Å²) in [5, 5.41) is 0. The van der Waals surface area contributed by atoms with E-state index in [1.54, 1.807) is 36.4 Å². The molecule has 6 aromatic carbocycles. The fraction of sp³-hybridized carbons (Fsp3) is 0.441. The third-order valence-corrected chi connectivity index (χ3v) is 15.2. The number of esters is 2. The Hall–Kier alpha value is -8.10. The first kappa shape index (κ1) is 72.4. The van der Waals surface area contributed by atoms with Crippen molar-refractivity contribution in [3.63, 3.8) is 0 Å². The first-order valence-corrected chi connectivity index (χ1v) is 29.4. The molecule has 10 rings (SSSR count). The zero-order chi connectivity index (χ0) is 61.8. The summed E-state index contributed by atoms with van der Waals surface area (Å²) in [6.07, 6.45) is 9.09. The largest absolute Gasteiger partial charge is 0.468 e. The van der Waals surface area contributed by atoms with Crippen molar-refractivity contribution in [3.05, 3.63) is 157 Å². The summed E-state index contributed by atoms with van der Waals surface area (Å²) < 4.78 is 74.3. The number of carbonyl (C=O) groups excluding carboxylic acids is 2. The fourth-order valence-electron chi connectivity index (χ4n) is 10.8. The van der Waals surface area contributed by atoms with E-state index in [0.29, 0.717) is 41.1 Å². The Bertz CT molecular complexity index is 2660. The number of hydrogen-bond donors (Lipinski definition) is 6. The molecule has 0 amide bonds. The number of para-hydroxylation sites is 2. The molecule has 0 radical (unpaired) electrons. The number of ether oxygens (including phenoxy) is 6. The number of rotatable bonds is 16. The third kappa shape index (κ3) is 26.5. The van der Waals surface area contributed by atoms with Crippen molar-refractivity contribution in [2.45, 2.75) is 136 Å². The zero-order valence-electron chi connectivity index (χ0n) is 49.4. The van der Waals surface area contributed by atoms with E-state index in [1.807, 2.05) is 84.9 Å². The maximum Gasteiger partial charge on any atom is 0.386 e. The highest BCUT2D eigenvalue weighted by atomic mass is 19.4. The highest BCUT2D eigenvalue weighted by Crippen LogP contribution is 2.34. The number of nitrogens with zero attached hydrogens (tertiary/aromatic N) is 2. The van der Waals surface area contributed by atoms with Crippen molar-refractivity contribution < 1.29 is 55.6 Å². The molecule has 2 aliphatic heterocycles. The molecule has 20 heteroatoms. The monoisotopic (exact) mass is 1230 g/mol. The van der Waals surface area contributed by atoms with Crippen LogP contribution in [-0.2, 0) is 18.9 Å². The summed E-state index contributed by atoms with van der Waals surface area (Å²) in [5.41, 5.74) is 41.4. The van der Waals surface area contributed by atoms with E-state index in [1.165, 1.54) is 69.7 Å². The van der Waals surface area contributed by atoms with Gasteiger partial charge in [0.1, 0.15) is 23.7 Å². The Balaban J connectivity index is 0.000000265. The van der Waals surface area contributed by atoms with Gasteiger partial charge in [0.15, 0.2) is 13.6 Å². The van der Waals surface area contributed by atoms with Gasteiger partial charge in [-0.1, -0.05) is 51.3 Å². The van der Waals surface area contributed by atoms with Crippen molar-refractivity contribution in [3.8, 4) is 11.5 Å². The van der Waals surface area contributed by atoms with Crippen molar-refractivity contribution in [1.82, 2.24) is 0 Å².